The summed E-state index contributed by atoms with van der Waals surface area (Å²) < 4.78 is 8.20. The van der Waals surface area contributed by atoms with E-state index < -0.39 is 5.97 Å². The molecule has 0 spiro atoms. The number of methoxy groups -OCH3 is 1. The highest BCUT2D eigenvalue weighted by atomic mass is 35.5. The summed E-state index contributed by atoms with van der Waals surface area (Å²) in [5.41, 5.74) is 5.37. The molecule has 34 heavy (non-hydrogen) atoms. The Labute approximate surface area is 201 Å². The van der Waals surface area contributed by atoms with Crippen LogP contribution in [0.25, 0.3) is 27.8 Å². The standard InChI is InChI=1S/C28H21ClN2O3/c1-34-27(32)22-11-5-7-19(15-22)18-30-25-14-13-23(29)17-26(25)31(28(30)33)24-12-6-10-21(16-24)20-8-3-2-4-9-20/h2-17H,18H2,1H3. The Bertz CT molecular complexity index is 1570. The van der Waals surface area contributed by atoms with E-state index in [0.717, 1.165) is 27.9 Å². The van der Waals surface area contributed by atoms with Gasteiger partial charge in [-0.05, 0) is 59.2 Å². The molecule has 0 bridgehead atoms. The Morgan fingerprint density at radius 3 is 2.38 bits per heavy atom. The maximum Gasteiger partial charge on any atom is 0.337 e. The van der Waals surface area contributed by atoms with Crippen molar-refractivity contribution >= 4 is 28.6 Å². The molecule has 0 aliphatic carbocycles. The molecule has 6 heteroatoms. The number of esters is 1. The van der Waals surface area contributed by atoms with Crippen LogP contribution in [0.4, 0.5) is 0 Å². The maximum absolute atomic E-state index is 13.7. The minimum absolute atomic E-state index is 0.189. The van der Waals surface area contributed by atoms with Gasteiger partial charge in [0.2, 0.25) is 0 Å². The van der Waals surface area contributed by atoms with Crippen LogP contribution in [-0.4, -0.2) is 22.2 Å². The summed E-state index contributed by atoms with van der Waals surface area (Å²) in [4.78, 5) is 25.7. The zero-order valence-electron chi connectivity index (χ0n) is 18.4. The Hall–Kier alpha value is -4.09. The number of benzene rings is 4. The summed E-state index contributed by atoms with van der Waals surface area (Å²) in [5, 5.41) is 0.547. The van der Waals surface area contributed by atoms with Gasteiger partial charge < -0.3 is 4.74 Å². The number of hydrogen-bond donors (Lipinski definition) is 0. The summed E-state index contributed by atoms with van der Waals surface area (Å²) >= 11 is 6.32. The number of ether oxygens (including phenoxy) is 1. The van der Waals surface area contributed by atoms with E-state index >= 15 is 0 Å². The molecule has 1 heterocycles. The zero-order chi connectivity index (χ0) is 23.7. The average Bonchev–Trinajstić information content (AvgIpc) is 3.14. The molecule has 0 amide bonds. The quantitative estimate of drug-likeness (QED) is 0.299. The summed E-state index contributed by atoms with van der Waals surface area (Å²) in [6.45, 7) is 0.299. The van der Waals surface area contributed by atoms with Gasteiger partial charge in [0.1, 0.15) is 0 Å². The summed E-state index contributed by atoms with van der Waals surface area (Å²) in [5.74, 6) is -0.416. The smallest absolute Gasteiger partial charge is 0.337 e. The third-order valence-electron chi connectivity index (χ3n) is 5.79. The lowest BCUT2D eigenvalue weighted by molar-refractivity contribution is 0.0600. The molecule has 5 aromatic rings. The highest BCUT2D eigenvalue weighted by Gasteiger charge is 2.17. The predicted molar refractivity (Wildman–Crippen MR) is 135 cm³/mol. The molecule has 0 atom stereocenters. The Kier molecular flexibility index (Phi) is 5.78. The Morgan fingerprint density at radius 2 is 1.59 bits per heavy atom. The number of nitrogens with zero attached hydrogens (tertiary/aromatic N) is 2. The van der Waals surface area contributed by atoms with Crippen LogP contribution in [-0.2, 0) is 11.3 Å². The number of imidazole rings is 1. The Morgan fingerprint density at radius 1 is 0.824 bits per heavy atom. The van der Waals surface area contributed by atoms with Crippen molar-refractivity contribution < 1.29 is 9.53 Å². The number of rotatable bonds is 5. The zero-order valence-corrected chi connectivity index (χ0v) is 19.2. The number of carbonyl (C=O) groups is 1. The minimum atomic E-state index is -0.416. The molecule has 0 aliphatic heterocycles. The highest BCUT2D eigenvalue weighted by molar-refractivity contribution is 6.31. The van der Waals surface area contributed by atoms with Gasteiger partial charge in [0, 0.05) is 5.02 Å². The van der Waals surface area contributed by atoms with Gasteiger partial charge in [-0.25, -0.2) is 9.59 Å². The number of carbonyl (C=O) groups excluding carboxylic acids is 1. The fraction of sp³-hybridized carbons (Fsp3) is 0.0714. The van der Waals surface area contributed by atoms with E-state index in [4.69, 9.17) is 16.3 Å². The lowest BCUT2D eigenvalue weighted by Gasteiger charge is -2.07. The van der Waals surface area contributed by atoms with Crippen LogP contribution >= 0.6 is 11.6 Å². The van der Waals surface area contributed by atoms with Crippen molar-refractivity contribution in [1.29, 1.82) is 0 Å². The topological polar surface area (TPSA) is 53.2 Å². The molecule has 4 aromatic carbocycles. The number of aromatic nitrogens is 2. The number of hydrogen-bond acceptors (Lipinski definition) is 3. The van der Waals surface area contributed by atoms with Crippen LogP contribution in [0.15, 0.2) is 102 Å². The third-order valence-corrected chi connectivity index (χ3v) is 6.03. The first-order valence-electron chi connectivity index (χ1n) is 10.8. The molecule has 1 aromatic heterocycles. The monoisotopic (exact) mass is 468 g/mol. The lowest BCUT2D eigenvalue weighted by Crippen LogP contribution is -2.23. The van der Waals surface area contributed by atoms with Crippen molar-refractivity contribution in [3.8, 4) is 16.8 Å². The molecule has 0 fully saturated rings. The van der Waals surface area contributed by atoms with E-state index in [2.05, 4.69) is 0 Å². The molecule has 0 saturated carbocycles. The van der Waals surface area contributed by atoms with Crippen molar-refractivity contribution in [2.45, 2.75) is 6.54 Å². The third kappa shape index (κ3) is 4.02. The summed E-state index contributed by atoms with van der Waals surface area (Å²) in [6.07, 6.45) is 0. The molecular formula is C28H21ClN2O3. The molecule has 0 saturated heterocycles. The van der Waals surface area contributed by atoms with Crippen molar-refractivity contribution in [1.82, 2.24) is 9.13 Å². The fourth-order valence-electron chi connectivity index (χ4n) is 4.19. The molecule has 0 radical (unpaired) electrons. The first-order valence-corrected chi connectivity index (χ1v) is 11.2. The molecule has 0 unspecified atom stereocenters. The van der Waals surface area contributed by atoms with Gasteiger partial charge in [-0.2, -0.15) is 0 Å². The second-order valence-electron chi connectivity index (χ2n) is 7.95. The van der Waals surface area contributed by atoms with Crippen LogP contribution in [0.5, 0.6) is 0 Å². The van der Waals surface area contributed by atoms with Gasteiger partial charge in [0.25, 0.3) is 0 Å². The second-order valence-corrected chi connectivity index (χ2v) is 8.38. The van der Waals surface area contributed by atoms with E-state index in [9.17, 15) is 9.59 Å². The summed E-state index contributed by atoms with van der Waals surface area (Å²) in [7, 11) is 1.35. The van der Waals surface area contributed by atoms with Gasteiger partial charge in [0.05, 0.1) is 35.9 Å². The first-order chi connectivity index (χ1) is 16.5. The van der Waals surface area contributed by atoms with Crippen molar-refractivity contribution in [3.05, 3.63) is 124 Å². The normalized spacial score (nSPS) is 11.0. The van der Waals surface area contributed by atoms with Crippen molar-refractivity contribution in [2.24, 2.45) is 0 Å². The lowest BCUT2D eigenvalue weighted by atomic mass is 10.1. The van der Waals surface area contributed by atoms with E-state index in [1.165, 1.54) is 7.11 Å². The number of halogens is 1. The van der Waals surface area contributed by atoms with E-state index in [1.54, 1.807) is 39.5 Å². The Balaban J connectivity index is 1.66. The minimum Gasteiger partial charge on any atom is -0.465 e. The second kappa shape index (κ2) is 9.04. The van der Waals surface area contributed by atoms with E-state index in [1.807, 2.05) is 66.7 Å². The van der Waals surface area contributed by atoms with Gasteiger partial charge >= 0.3 is 11.7 Å². The van der Waals surface area contributed by atoms with Crippen LogP contribution in [0.3, 0.4) is 0 Å². The molecule has 0 N–H and O–H groups in total. The molecule has 5 rings (SSSR count). The predicted octanol–water partition coefficient (Wildman–Crippen LogP) is 5.95. The number of fused-ring (bicyclic) bond motifs is 1. The maximum atomic E-state index is 13.7. The van der Waals surface area contributed by atoms with E-state index in [0.29, 0.717) is 22.6 Å². The van der Waals surface area contributed by atoms with Crippen LogP contribution in [0, 0.1) is 0 Å². The molecule has 5 nitrogen and oxygen atoms in total. The molecule has 168 valence electrons. The SMILES string of the molecule is COC(=O)c1cccc(Cn2c(=O)n(-c3cccc(-c4ccccc4)c3)c3cc(Cl)ccc32)c1. The molecular weight excluding hydrogens is 448 g/mol. The van der Waals surface area contributed by atoms with Gasteiger partial charge in [-0.1, -0.05) is 66.2 Å². The molecule has 0 aliphatic rings. The van der Waals surface area contributed by atoms with Gasteiger partial charge in [-0.15, -0.1) is 0 Å². The van der Waals surface area contributed by atoms with Crippen molar-refractivity contribution in [2.75, 3.05) is 7.11 Å². The van der Waals surface area contributed by atoms with Crippen LogP contribution < -0.4 is 5.69 Å². The van der Waals surface area contributed by atoms with Crippen LogP contribution in [0.1, 0.15) is 15.9 Å². The van der Waals surface area contributed by atoms with Crippen molar-refractivity contribution in [3.63, 3.8) is 0 Å². The van der Waals surface area contributed by atoms with Gasteiger partial charge in [-0.3, -0.25) is 9.13 Å². The van der Waals surface area contributed by atoms with Gasteiger partial charge in [0.15, 0.2) is 0 Å². The fourth-order valence-corrected chi connectivity index (χ4v) is 4.35. The average molecular weight is 469 g/mol. The summed E-state index contributed by atoms with van der Waals surface area (Å²) in [6, 6.07) is 30.4. The highest BCUT2D eigenvalue weighted by Crippen LogP contribution is 2.26. The van der Waals surface area contributed by atoms with Crippen LogP contribution in [0.2, 0.25) is 5.02 Å². The largest absolute Gasteiger partial charge is 0.465 e. The van der Waals surface area contributed by atoms with E-state index in [-0.39, 0.29) is 5.69 Å². The first kappa shape index (κ1) is 21.7.